The molecule has 25 heavy (non-hydrogen) atoms. The molecule has 0 aliphatic carbocycles. The summed E-state index contributed by atoms with van der Waals surface area (Å²) in [6, 6.07) is 3.79. The van der Waals surface area contributed by atoms with Crippen molar-refractivity contribution in [3.05, 3.63) is 29.8 Å². The monoisotopic (exact) mass is 379 g/mol. The van der Waals surface area contributed by atoms with E-state index in [9.17, 15) is 32.7 Å². The van der Waals surface area contributed by atoms with Crippen LogP contribution in [0.2, 0.25) is 0 Å². The van der Waals surface area contributed by atoms with Gasteiger partial charge in [0.25, 0.3) is 0 Å². The Morgan fingerprint density at radius 1 is 1.20 bits per heavy atom. The van der Waals surface area contributed by atoms with Crippen LogP contribution >= 0.6 is 11.8 Å². The number of hydrogen-bond donors (Lipinski definition) is 3. The highest BCUT2D eigenvalue weighted by molar-refractivity contribution is 8.13. The van der Waals surface area contributed by atoms with E-state index in [1.807, 2.05) is 5.32 Å². The van der Waals surface area contributed by atoms with E-state index < -0.39 is 40.9 Å². The SMILES string of the molecule is CC(=O)SCC(C(=O)N[C@@H](Cc1ccc(O)cc1)C(=O)O)C(F)(F)F. The Bertz CT molecular complexity index is 633. The summed E-state index contributed by atoms with van der Waals surface area (Å²) in [6.45, 7) is 1.07. The summed E-state index contributed by atoms with van der Waals surface area (Å²) in [4.78, 5) is 34.0. The number of alkyl halides is 3. The second kappa shape index (κ2) is 8.75. The van der Waals surface area contributed by atoms with Gasteiger partial charge in [0.15, 0.2) is 5.12 Å². The predicted octanol–water partition coefficient (Wildman–Crippen LogP) is 1.96. The van der Waals surface area contributed by atoms with Crippen LogP contribution < -0.4 is 5.32 Å². The molecule has 1 aromatic rings. The number of thioether (sulfide) groups is 1. The first-order valence-corrected chi connectivity index (χ1v) is 8.00. The maximum atomic E-state index is 13.0. The first-order valence-electron chi connectivity index (χ1n) is 7.02. The van der Waals surface area contributed by atoms with Crippen LogP contribution in [0.15, 0.2) is 24.3 Å². The molecule has 0 radical (unpaired) electrons. The molecule has 6 nitrogen and oxygen atoms in total. The Hall–Kier alpha value is -2.23. The third kappa shape index (κ3) is 7.04. The highest BCUT2D eigenvalue weighted by atomic mass is 32.2. The van der Waals surface area contributed by atoms with E-state index in [-0.39, 0.29) is 12.2 Å². The fourth-order valence-corrected chi connectivity index (χ4v) is 2.60. The summed E-state index contributed by atoms with van der Waals surface area (Å²) in [7, 11) is 0. The topological polar surface area (TPSA) is 104 Å². The van der Waals surface area contributed by atoms with Gasteiger partial charge in [-0.2, -0.15) is 13.2 Å². The summed E-state index contributed by atoms with van der Waals surface area (Å²) < 4.78 is 38.9. The minimum absolute atomic E-state index is 0.0574. The first kappa shape index (κ1) is 20.8. The van der Waals surface area contributed by atoms with Gasteiger partial charge in [0.1, 0.15) is 17.7 Å². The molecule has 0 saturated carbocycles. The van der Waals surface area contributed by atoms with Gasteiger partial charge in [-0.3, -0.25) is 9.59 Å². The van der Waals surface area contributed by atoms with Gasteiger partial charge in [-0.25, -0.2) is 4.79 Å². The van der Waals surface area contributed by atoms with Crippen LogP contribution in [0.5, 0.6) is 5.75 Å². The van der Waals surface area contributed by atoms with Crippen molar-refractivity contribution in [3.8, 4) is 5.75 Å². The third-order valence-corrected chi connectivity index (χ3v) is 4.06. The summed E-state index contributed by atoms with van der Waals surface area (Å²) >= 11 is 0.341. The number of phenols is 1. The van der Waals surface area contributed by atoms with Crippen LogP contribution in [-0.2, 0) is 20.8 Å². The molecular formula is C15H16F3NO5S. The van der Waals surface area contributed by atoms with Crippen LogP contribution in [0.3, 0.4) is 0 Å². The molecule has 1 unspecified atom stereocenters. The van der Waals surface area contributed by atoms with Gasteiger partial charge < -0.3 is 15.5 Å². The lowest BCUT2D eigenvalue weighted by atomic mass is 10.0. The van der Waals surface area contributed by atoms with Crippen molar-refractivity contribution in [2.24, 2.45) is 5.92 Å². The highest BCUT2D eigenvalue weighted by Gasteiger charge is 2.45. The predicted molar refractivity (Wildman–Crippen MR) is 84.1 cm³/mol. The molecule has 0 aliphatic heterocycles. The smallest absolute Gasteiger partial charge is 0.401 e. The number of aliphatic carboxylic acids is 1. The number of rotatable bonds is 7. The molecule has 0 fully saturated rings. The molecule has 1 rings (SSSR count). The van der Waals surface area contributed by atoms with E-state index in [0.717, 1.165) is 6.92 Å². The van der Waals surface area contributed by atoms with E-state index >= 15 is 0 Å². The molecule has 10 heteroatoms. The van der Waals surface area contributed by atoms with E-state index in [0.29, 0.717) is 17.3 Å². The molecule has 1 aromatic carbocycles. The van der Waals surface area contributed by atoms with Gasteiger partial charge in [-0.15, -0.1) is 0 Å². The van der Waals surface area contributed by atoms with E-state index in [1.54, 1.807) is 0 Å². The lowest BCUT2D eigenvalue weighted by Crippen LogP contribution is -2.49. The lowest BCUT2D eigenvalue weighted by Gasteiger charge is -2.22. The molecule has 3 N–H and O–H groups in total. The second-order valence-corrected chi connectivity index (χ2v) is 6.36. The summed E-state index contributed by atoms with van der Waals surface area (Å²) in [5.74, 6) is -6.38. The van der Waals surface area contributed by atoms with Crippen molar-refractivity contribution in [1.82, 2.24) is 5.32 Å². The molecule has 138 valence electrons. The minimum atomic E-state index is -4.91. The van der Waals surface area contributed by atoms with Crippen molar-refractivity contribution < 1.29 is 37.8 Å². The zero-order chi connectivity index (χ0) is 19.2. The number of hydrogen-bond acceptors (Lipinski definition) is 5. The molecule has 0 saturated heterocycles. The van der Waals surface area contributed by atoms with Crippen molar-refractivity contribution in [3.63, 3.8) is 0 Å². The van der Waals surface area contributed by atoms with Crippen LogP contribution in [0.4, 0.5) is 13.2 Å². The fraction of sp³-hybridized carbons (Fsp3) is 0.400. The molecule has 1 amide bonds. The number of carbonyl (C=O) groups is 3. The Kier molecular flexibility index (Phi) is 7.28. The molecule has 0 bridgehead atoms. The number of nitrogens with one attached hydrogen (secondary N) is 1. The first-order chi connectivity index (χ1) is 11.5. The third-order valence-electron chi connectivity index (χ3n) is 3.16. The van der Waals surface area contributed by atoms with Crippen LogP contribution in [0.1, 0.15) is 12.5 Å². The van der Waals surface area contributed by atoms with Crippen LogP contribution in [0, 0.1) is 5.92 Å². The van der Waals surface area contributed by atoms with Gasteiger partial charge in [0, 0.05) is 19.1 Å². The van der Waals surface area contributed by atoms with Crippen molar-refractivity contribution in [2.75, 3.05) is 5.75 Å². The number of phenolic OH excluding ortho intramolecular Hbond substituents is 1. The minimum Gasteiger partial charge on any atom is -0.508 e. The molecule has 0 heterocycles. The van der Waals surface area contributed by atoms with E-state index in [2.05, 4.69) is 0 Å². The van der Waals surface area contributed by atoms with Gasteiger partial charge in [0.05, 0.1) is 0 Å². The number of halogens is 3. The quantitative estimate of drug-likeness (QED) is 0.669. The summed E-state index contributed by atoms with van der Waals surface area (Å²) in [5, 5.41) is 19.6. The van der Waals surface area contributed by atoms with E-state index in [4.69, 9.17) is 5.11 Å². The average Bonchev–Trinajstić information content (AvgIpc) is 2.47. The Morgan fingerprint density at radius 3 is 2.20 bits per heavy atom. The number of carbonyl (C=O) groups excluding carboxylic acids is 2. The number of aromatic hydroxyl groups is 1. The summed E-state index contributed by atoms with van der Waals surface area (Å²) in [6.07, 6.45) is -5.17. The Balaban J connectivity index is 2.86. The fourth-order valence-electron chi connectivity index (χ4n) is 1.86. The Morgan fingerprint density at radius 2 is 1.76 bits per heavy atom. The van der Waals surface area contributed by atoms with Crippen molar-refractivity contribution >= 4 is 28.8 Å². The number of amides is 1. The standard InChI is InChI=1S/C15H16F3NO5S/c1-8(20)25-7-11(15(16,17)18)13(22)19-12(14(23)24)6-9-2-4-10(21)5-3-9/h2-5,11-12,21H,6-7H2,1H3,(H,19,22)(H,23,24)/t11?,12-/m0/s1. The molecule has 2 atom stereocenters. The summed E-state index contributed by atoms with van der Waals surface area (Å²) in [5.41, 5.74) is 0.409. The molecule has 0 aliphatic rings. The zero-order valence-electron chi connectivity index (χ0n) is 13.0. The number of carboxylic acid groups (broad SMARTS) is 1. The van der Waals surface area contributed by atoms with Crippen molar-refractivity contribution in [1.29, 1.82) is 0 Å². The lowest BCUT2D eigenvalue weighted by molar-refractivity contribution is -0.179. The van der Waals surface area contributed by atoms with Gasteiger partial charge >= 0.3 is 12.1 Å². The number of carboxylic acids is 1. The van der Waals surface area contributed by atoms with E-state index in [1.165, 1.54) is 24.3 Å². The maximum absolute atomic E-state index is 13.0. The molecule has 0 aromatic heterocycles. The van der Waals surface area contributed by atoms with Crippen LogP contribution in [0.25, 0.3) is 0 Å². The zero-order valence-corrected chi connectivity index (χ0v) is 13.9. The normalized spacial score (nSPS) is 13.8. The van der Waals surface area contributed by atoms with Gasteiger partial charge in [-0.05, 0) is 17.7 Å². The van der Waals surface area contributed by atoms with Gasteiger partial charge in [0.2, 0.25) is 5.91 Å². The number of benzene rings is 1. The molecule has 0 spiro atoms. The highest BCUT2D eigenvalue weighted by Crippen LogP contribution is 2.29. The van der Waals surface area contributed by atoms with Gasteiger partial charge in [-0.1, -0.05) is 23.9 Å². The van der Waals surface area contributed by atoms with Crippen molar-refractivity contribution in [2.45, 2.75) is 25.6 Å². The maximum Gasteiger partial charge on any atom is 0.401 e. The molecular weight excluding hydrogens is 363 g/mol. The van der Waals surface area contributed by atoms with Crippen LogP contribution in [-0.4, -0.2) is 45.2 Å². The average molecular weight is 379 g/mol. The Labute approximate surface area is 145 Å². The largest absolute Gasteiger partial charge is 0.508 e. The second-order valence-electron chi connectivity index (χ2n) is 5.17.